The molecular weight excluding hydrogens is 390 g/mol. The van der Waals surface area contributed by atoms with Crippen molar-refractivity contribution in [1.82, 2.24) is 0 Å². The van der Waals surface area contributed by atoms with Gasteiger partial charge in [0.15, 0.2) is 0 Å². The molecule has 2 N–H and O–H groups in total. The molecule has 0 aromatic heterocycles. The predicted molar refractivity (Wildman–Crippen MR) is 107 cm³/mol. The Kier molecular flexibility index (Phi) is 5.84. The van der Waals surface area contributed by atoms with Crippen molar-refractivity contribution in [3.63, 3.8) is 0 Å². The van der Waals surface area contributed by atoms with Gasteiger partial charge in [0.05, 0.1) is 12.8 Å². The molecule has 3 aromatic carbocycles. The van der Waals surface area contributed by atoms with Gasteiger partial charge >= 0.3 is 0 Å². The van der Waals surface area contributed by atoms with Crippen molar-refractivity contribution in [3.05, 3.63) is 82.1 Å². The monoisotopic (exact) mass is 404 g/mol. The number of ether oxygens (including phenoxy) is 1. The van der Waals surface area contributed by atoms with E-state index in [0.29, 0.717) is 38.4 Å². The zero-order valence-electron chi connectivity index (χ0n) is 14.2. The first-order valence-corrected chi connectivity index (χ1v) is 8.68. The van der Waals surface area contributed by atoms with E-state index in [0.717, 1.165) is 0 Å². The summed E-state index contributed by atoms with van der Waals surface area (Å²) in [5.41, 5.74) is 2.12. The van der Waals surface area contributed by atoms with Gasteiger partial charge in [-0.2, -0.15) is 0 Å². The van der Waals surface area contributed by atoms with Crippen LogP contribution in [0, 0.1) is 5.82 Å². The molecule has 138 valence electrons. The maximum atomic E-state index is 13.0. The predicted octanol–water partition coefficient (Wildman–Crippen LogP) is 6.14. The Hall–Kier alpha value is -2.76. The maximum absolute atomic E-state index is 13.0. The molecule has 27 heavy (non-hydrogen) atoms. The number of carbonyl (C=O) groups excluding carboxylic acids is 1. The summed E-state index contributed by atoms with van der Waals surface area (Å²) in [5.74, 6) is -0.162. The number of methoxy groups -OCH3 is 1. The average molecular weight is 405 g/mol. The zero-order chi connectivity index (χ0) is 19.4. The Bertz CT molecular complexity index is 958. The van der Waals surface area contributed by atoms with Crippen molar-refractivity contribution >= 4 is 46.2 Å². The van der Waals surface area contributed by atoms with Crippen molar-refractivity contribution in [3.8, 4) is 5.75 Å². The molecule has 0 radical (unpaired) electrons. The first-order chi connectivity index (χ1) is 12.9. The van der Waals surface area contributed by atoms with Gasteiger partial charge < -0.3 is 15.4 Å². The highest BCUT2D eigenvalue weighted by Crippen LogP contribution is 2.31. The second-order valence-electron chi connectivity index (χ2n) is 5.66. The lowest BCUT2D eigenvalue weighted by Gasteiger charge is -2.14. The van der Waals surface area contributed by atoms with Gasteiger partial charge in [-0.15, -0.1) is 0 Å². The van der Waals surface area contributed by atoms with Gasteiger partial charge in [0.2, 0.25) is 0 Å². The van der Waals surface area contributed by atoms with Crippen LogP contribution in [0.5, 0.6) is 5.75 Å². The third-order valence-corrected chi connectivity index (χ3v) is 4.14. The second kappa shape index (κ2) is 8.29. The molecule has 0 fully saturated rings. The van der Waals surface area contributed by atoms with Crippen molar-refractivity contribution in [2.45, 2.75) is 0 Å². The zero-order valence-corrected chi connectivity index (χ0v) is 15.7. The summed E-state index contributed by atoms with van der Waals surface area (Å²) in [6, 6.07) is 15.5. The minimum absolute atomic E-state index is 0.337. The van der Waals surface area contributed by atoms with Crippen molar-refractivity contribution in [1.29, 1.82) is 0 Å². The van der Waals surface area contributed by atoms with E-state index in [1.54, 1.807) is 36.4 Å². The van der Waals surface area contributed by atoms with E-state index < -0.39 is 0 Å². The quantitative estimate of drug-likeness (QED) is 0.536. The Morgan fingerprint density at radius 1 is 0.926 bits per heavy atom. The number of amides is 1. The third-order valence-electron chi connectivity index (χ3n) is 3.71. The third kappa shape index (κ3) is 4.90. The number of carbonyl (C=O) groups is 1. The second-order valence-corrected chi connectivity index (χ2v) is 6.53. The molecule has 0 heterocycles. The van der Waals surface area contributed by atoms with Crippen LogP contribution in [0.15, 0.2) is 60.7 Å². The normalized spacial score (nSPS) is 10.4. The molecule has 0 atom stereocenters. The molecule has 0 unspecified atom stereocenters. The minimum atomic E-state index is -0.371. The fourth-order valence-corrected chi connectivity index (χ4v) is 2.99. The summed E-state index contributed by atoms with van der Waals surface area (Å²) in [6.07, 6.45) is 0. The highest BCUT2D eigenvalue weighted by atomic mass is 35.5. The van der Waals surface area contributed by atoms with Crippen LogP contribution in [0.25, 0.3) is 0 Å². The summed E-state index contributed by atoms with van der Waals surface area (Å²) in [6.45, 7) is 0. The Morgan fingerprint density at radius 2 is 1.59 bits per heavy atom. The number of hydrogen-bond acceptors (Lipinski definition) is 3. The lowest BCUT2D eigenvalue weighted by Crippen LogP contribution is -2.12. The fourth-order valence-electron chi connectivity index (χ4n) is 2.46. The van der Waals surface area contributed by atoms with Crippen LogP contribution < -0.4 is 15.4 Å². The van der Waals surface area contributed by atoms with Crippen molar-refractivity contribution in [2.24, 2.45) is 0 Å². The van der Waals surface area contributed by atoms with Crippen LogP contribution in [0.4, 0.5) is 21.5 Å². The molecule has 4 nitrogen and oxygen atoms in total. The number of nitrogens with one attached hydrogen (secondary N) is 2. The number of anilines is 3. The van der Waals surface area contributed by atoms with E-state index in [1.165, 1.54) is 31.4 Å². The van der Waals surface area contributed by atoms with Crippen LogP contribution in [-0.2, 0) is 0 Å². The summed E-state index contributed by atoms with van der Waals surface area (Å²) in [4.78, 5) is 12.5. The molecule has 7 heteroatoms. The first kappa shape index (κ1) is 19.0. The molecule has 0 saturated heterocycles. The molecular formula is C20H15Cl2FN2O2. The topological polar surface area (TPSA) is 50.4 Å². The van der Waals surface area contributed by atoms with E-state index in [2.05, 4.69) is 10.6 Å². The van der Waals surface area contributed by atoms with Crippen molar-refractivity contribution in [2.75, 3.05) is 17.7 Å². The van der Waals surface area contributed by atoms with Crippen LogP contribution in [0.2, 0.25) is 10.0 Å². The van der Waals surface area contributed by atoms with Gasteiger partial charge in [0.1, 0.15) is 11.6 Å². The molecule has 1 amide bonds. The molecule has 0 bridgehead atoms. The van der Waals surface area contributed by atoms with E-state index in [1.807, 2.05) is 0 Å². The molecule has 3 rings (SSSR count). The van der Waals surface area contributed by atoms with Crippen LogP contribution in [0.3, 0.4) is 0 Å². The number of halogens is 3. The number of hydrogen-bond donors (Lipinski definition) is 2. The molecule has 0 aliphatic carbocycles. The van der Waals surface area contributed by atoms with Crippen LogP contribution >= 0.6 is 23.2 Å². The summed E-state index contributed by atoms with van der Waals surface area (Å²) in [7, 11) is 1.53. The van der Waals surface area contributed by atoms with E-state index in [-0.39, 0.29) is 11.7 Å². The standard InChI is InChI=1S/C20H15Cl2FN2O2/c1-27-19-7-2-12(20(26)25-16-5-3-15(23)4-6-16)8-18(19)24-17-10-13(21)9-14(22)11-17/h2-11,24H,1H3,(H,25,26). The lowest BCUT2D eigenvalue weighted by molar-refractivity contribution is 0.102. The number of benzene rings is 3. The summed E-state index contributed by atoms with van der Waals surface area (Å²) >= 11 is 12.1. The van der Waals surface area contributed by atoms with Gasteiger partial charge in [-0.25, -0.2) is 4.39 Å². The van der Waals surface area contributed by atoms with Gasteiger partial charge in [-0.05, 0) is 60.7 Å². The van der Waals surface area contributed by atoms with E-state index in [4.69, 9.17) is 27.9 Å². The molecule has 0 aliphatic rings. The maximum Gasteiger partial charge on any atom is 0.255 e. The van der Waals surface area contributed by atoms with E-state index in [9.17, 15) is 9.18 Å². The lowest BCUT2D eigenvalue weighted by atomic mass is 10.1. The minimum Gasteiger partial charge on any atom is -0.495 e. The van der Waals surface area contributed by atoms with Gasteiger partial charge in [0, 0.05) is 27.0 Å². The largest absolute Gasteiger partial charge is 0.495 e. The van der Waals surface area contributed by atoms with Gasteiger partial charge in [-0.1, -0.05) is 23.2 Å². The fraction of sp³-hybridized carbons (Fsp3) is 0.0500. The molecule has 0 spiro atoms. The van der Waals surface area contributed by atoms with Gasteiger partial charge in [-0.3, -0.25) is 4.79 Å². The summed E-state index contributed by atoms with van der Waals surface area (Å²) in [5, 5.41) is 6.83. The Labute approximate surface area is 165 Å². The highest BCUT2D eigenvalue weighted by Gasteiger charge is 2.12. The molecule has 0 aliphatic heterocycles. The Balaban J connectivity index is 1.86. The SMILES string of the molecule is COc1ccc(C(=O)Nc2ccc(F)cc2)cc1Nc1cc(Cl)cc(Cl)c1. The average Bonchev–Trinajstić information content (AvgIpc) is 2.62. The molecule has 0 saturated carbocycles. The molecule has 3 aromatic rings. The first-order valence-electron chi connectivity index (χ1n) is 7.92. The van der Waals surface area contributed by atoms with Crippen LogP contribution in [0.1, 0.15) is 10.4 Å². The van der Waals surface area contributed by atoms with Crippen LogP contribution in [-0.4, -0.2) is 13.0 Å². The number of rotatable bonds is 5. The smallest absolute Gasteiger partial charge is 0.255 e. The van der Waals surface area contributed by atoms with Crippen molar-refractivity contribution < 1.29 is 13.9 Å². The van der Waals surface area contributed by atoms with E-state index >= 15 is 0 Å². The summed E-state index contributed by atoms with van der Waals surface area (Å²) < 4.78 is 18.3. The highest BCUT2D eigenvalue weighted by molar-refractivity contribution is 6.35. The Morgan fingerprint density at radius 3 is 2.22 bits per heavy atom. The van der Waals surface area contributed by atoms with Gasteiger partial charge in [0.25, 0.3) is 5.91 Å².